The molecule has 128 valence electrons. The molecule has 0 N–H and O–H groups in total. The van der Waals surface area contributed by atoms with Crippen molar-refractivity contribution in [3.63, 3.8) is 0 Å². The quantitative estimate of drug-likeness (QED) is 0.734. The van der Waals surface area contributed by atoms with E-state index in [1.165, 1.54) is 44.7 Å². The third-order valence-electron chi connectivity index (χ3n) is 4.99. The number of rotatable bonds is 8. The Morgan fingerprint density at radius 2 is 1.78 bits per heavy atom. The number of piperazine rings is 1. The highest BCUT2D eigenvalue weighted by atomic mass is 16.5. The highest BCUT2D eigenvalue weighted by molar-refractivity contribution is 5.49. The van der Waals surface area contributed by atoms with Gasteiger partial charge in [0.25, 0.3) is 0 Å². The molecule has 4 nitrogen and oxygen atoms in total. The summed E-state index contributed by atoms with van der Waals surface area (Å²) in [5, 5.41) is 0. The molecule has 0 amide bonds. The molecular formula is C19H31N3O. The van der Waals surface area contributed by atoms with Gasteiger partial charge in [0.2, 0.25) is 0 Å². The van der Waals surface area contributed by atoms with Gasteiger partial charge in [0.1, 0.15) is 5.75 Å². The molecule has 0 radical (unpaired) electrons. The summed E-state index contributed by atoms with van der Waals surface area (Å²) in [5.74, 6) is 0.984. The molecule has 2 aliphatic rings. The van der Waals surface area contributed by atoms with Crippen molar-refractivity contribution in [3.8, 4) is 5.75 Å². The normalized spacial score (nSPS) is 19.3. The monoisotopic (exact) mass is 317 g/mol. The summed E-state index contributed by atoms with van der Waals surface area (Å²) in [6.45, 7) is 9.96. The van der Waals surface area contributed by atoms with Crippen molar-refractivity contribution in [2.24, 2.45) is 0 Å². The second-order valence-electron chi connectivity index (χ2n) is 6.88. The van der Waals surface area contributed by atoms with Crippen LogP contribution < -0.4 is 9.64 Å². The van der Waals surface area contributed by atoms with Crippen LogP contribution in [-0.4, -0.2) is 68.8 Å². The first kappa shape index (κ1) is 16.6. The zero-order chi connectivity index (χ0) is 16.1. The van der Waals surface area contributed by atoms with Crippen LogP contribution in [0.4, 0.5) is 5.69 Å². The first-order chi connectivity index (χ1) is 11.3. The Labute approximate surface area is 141 Å². The van der Waals surface area contributed by atoms with Crippen LogP contribution in [0.1, 0.15) is 26.2 Å². The smallest absolute Gasteiger partial charge is 0.119 e. The predicted molar refractivity (Wildman–Crippen MR) is 96.5 cm³/mol. The molecule has 1 saturated heterocycles. The predicted octanol–water partition coefficient (Wildman–Crippen LogP) is 2.69. The van der Waals surface area contributed by atoms with E-state index in [4.69, 9.17) is 4.74 Å². The average molecular weight is 317 g/mol. The molecule has 0 atom stereocenters. The lowest BCUT2D eigenvalue weighted by atomic mass is 10.2. The Kier molecular flexibility index (Phi) is 5.79. The van der Waals surface area contributed by atoms with Crippen molar-refractivity contribution < 1.29 is 4.74 Å². The van der Waals surface area contributed by atoms with Crippen LogP contribution in [0.15, 0.2) is 24.3 Å². The van der Waals surface area contributed by atoms with Crippen LogP contribution in [0.25, 0.3) is 0 Å². The first-order valence-electron chi connectivity index (χ1n) is 9.16. The molecule has 1 aromatic carbocycles. The van der Waals surface area contributed by atoms with Crippen molar-refractivity contribution in [1.82, 2.24) is 9.80 Å². The van der Waals surface area contributed by atoms with E-state index in [1.807, 2.05) is 0 Å². The highest BCUT2D eigenvalue weighted by Gasteiger charge is 2.26. The standard InChI is InChI=1S/C19H31N3O/c1-3-16-23-19-8-6-18(7-9-19)22-14-12-21(13-15-22)11-10-20(2)17-4-5-17/h6-9,17H,3-5,10-16H2,1-2H3. The largest absolute Gasteiger partial charge is 0.494 e. The van der Waals surface area contributed by atoms with Gasteiger partial charge in [-0.25, -0.2) is 0 Å². The molecular weight excluding hydrogens is 286 g/mol. The molecule has 4 heteroatoms. The number of benzene rings is 1. The summed E-state index contributed by atoms with van der Waals surface area (Å²) in [5.41, 5.74) is 1.32. The second kappa shape index (κ2) is 8.02. The molecule has 1 saturated carbocycles. The number of nitrogens with zero attached hydrogens (tertiary/aromatic N) is 3. The van der Waals surface area contributed by atoms with Crippen LogP contribution in [-0.2, 0) is 0 Å². The summed E-state index contributed by atoms with van der Waals surface area (Å²) < 4.78 is 5.66. The number of hydrogen-bond donors (Lipinski definition) is 0. The lowest BCUT2D eigenvalue weighted by Gasteiger charge is -2.36. The van der Waals surface area contributed by atoms with Crippen LogP contribution in [0.5, 0.6) is 5.75 Å². The topological polar surface area (TPSA) is 19.0 Å². The van der Waals surface area contributed by atoms with E-state index in [9.17, 15) is 0 Å². The van der Waals surface area contributed by atoms with Crippen LogP contribution in [0, 0.1) is 0 Å². The van der Waals surface area contributed by atoms with E-state index in [0.29, 0.717) is 0 Å². The molecule has 2 fully saturated rings. The number of likely N-dealkylation sites (N-methyl/N-ethyl adjacent to an activating group) is 1. The maximum Gasteiger partial charge on any atom is 0.119 e. The van der Waals surface area contributed by atoms with Gasteiger partial charge < -0.3 is 14.5 Å². The summed E-state index contributed by atoms with van der Waals surface area (Å²) in [6, 6.07) is 9.47. The molecule has 0 unspecified atom stereocenters. The minimum atomic E-state index is 0.799. The van der Waals surface area contributed by atoms with Gasteiger partial charge in [-0.1, -0.05) is 6.92 Å². The number of hydrogen-bond acceptors (Lipinski definition) is 4. The fraction of sp³-hybridized carbons (Fsp3) is 0.684. The van der Waals surface area contributed by atoms with E-state index in [0.717, 1.165) is 37.9 Å². The number of anilines is 1. The Morgan fingerprint density at radius 3 is 2.39 bits per heavy atom. The molecule has 0 spiro atoms. The summed E-state index contributed by atoms with van der Waals surface area (Å²) in [4.78, 5) is 7.63. The Balaban J connectivity index is 1.41. The minimum absolute atomic E-state index is 0.799. The molecule has 1 aliphatic heterocycles. The average Bonchev–Trinajstić information content (AvgIpc) is 3.44. The molecule has 0 bridgehead atoms. The van der Waals surface area contributed by atoms with Gasteiger partial charge in [0.15, 0.2) is 0 Å². The Morgan fingerprint density at radius 1 is 1.09 bits per heavy atom. The lowest BCUT2D eigenvalue weighted by Crippen LogP contribution is -2.48. The van der Waals surface area contributed by atoms with Gasteiger partial charge in [0.05, 0.1) is 6.61 Å². The number of ether oxygens (including phenoxy) is 1. The van der Waals surface area contributed by atoms with Gasteiger partial charge in [-0.15, -0.1) is 0 Å². The Bertz CT molecular complexity index is 464. The van der Waals surface area contributed by atoms with Crippen molar-refractivity contribution in [2.75, 3.05) is 57.8 Å². The zero-order valence-corrected chi connectivity index (χ0v) is 14.7. The minimum Gasteiger partial charge on any atom is -0.494 e. The van der Waals surface area contributed by atoms with E-state index in [2.05, 4.69) is 52.9 Å². The zero-order valence-electron chi connectivity index (χ0n) is 14.7. The van der Waals surface area contributed by atoms with E-state index in [-0.39, 0.29) is 0 Å². The maximum absolute atomic E-state index is 5.66. The fourth-order valence-corrected chi connectivity index (χ4v) is 3.20. The van der Waals surface area contributed by atoms with Crippen molar-refractivity contribution >= 4 is 5.69 Å². The van der Waals surface area contributed by atoms with Gasteiger partial charge >= 0.3 is 0 Å². The van der Waals surface area contributed by atoms with E-state index >= 15 is 0 Å². The Hall–Kier alpha value is -1.26. The maximum atomic E-state index is 5.66. The van der Waals surface area contributed by atoms with Crippen LogP contribution in [0.2, 0.25) is 0 Å². The van der Waals surface area contributed by atoms with Crippen molar-refractivity contribution in [3.05, 3.63) is 24.3 Å². The molecule has 1 aromatic rings. The molecule has 23 heavy (non-hydrogen) atoms. The molecule has 1 aliphatic carbocycles. The third kappa shape index (κ3) is 4.85. The van der Waals surface area contributed by atoms with Gasteiger partial charge in [-0.05, 0) is 50.6 Å². The first-order valence-corrected chi connectivity index (χ1v) is 9.16. The van der Waals surface area contributed by atoms with Gasteiger partial charge in [-0.3, -0.25) is 4.90 Å². The fourth-order valence-electron chi connectivity index (χ4n) is 3.20. The summed E-state index contributed by atoms with van der Waals surface area (Å²) in [7, 11) is 2.27. The molecule has 0 aromatic heterocycles. The van der Waals surface area contributed by atoms with Gasteiger partial charge in [0, 0.05) is 51.0 Å². The SMILES string of the molecule is CCCOc1ccc(N2CCN(CCN(C)C3CC3)CC2)cc1. The van der Waals surface area contributed by atoms with Crippen LogP contribution >= 0.6 is 0 Å². The van der Waals surface area contributed by atoms with Crippen LogP contribution in [0.3, 0.4) is 0 Å². The summed E-state index contributed by atoms with van der Waals surface area (Å²) >= 11 is 0. The van der Waals surface area contributed by atoms with E-state index in [1.54, 1.807) is 0 Å². The second-order valence-corrected chi connectivity index (χ2v) is 6.88. The molecule has 1 heterocycles. The van der Waals surface area contributed by atoms with Crippen molar-refractivity contribution in [2.45, 2.75) is 32.2 Å². The lowest BCUT2D eigenvalue weighted by molar-refractivity contribution is 0.212. The van der Waals surface area contributed by atoms with Crippen molar-refractivity contribution in [1.29, 1.82) is 0 Å². The van der Waals surface area contributed by atoms with Gasteiger partial charge in [-0.2, -0.15) is 0 Å². The summed E-state index contributed by atoms with van der Waals surface area (Å²) in [6.07, 6.45) is 3.87. The molecule has 3 rings (SSSR count). The third-order valence-corrected chi connectivity index (χ3v) is 4.99. The van der Waals surface area contributed by atoms with E-state index < -0.39 is 0 Å². The highest BCUT2D eigenvalue weighted by Crippen LogP contribution is 2.25.